The van der Waals surface area contributed by atoms with Crippen LogP contribution in [-0.2, 0) is 0 Å². The van der Waals surface area contributed by atoms with Crippen molar-refractivity contribution in [1.82, 2.24) is 4.98 Å². The minimum atomic E-state index is 1.19. The van der Waals surface area contributed by atoms with Crippen molar-refractivity contribution in [3.63, 3.8) is 0 Å². The Hall–Kier alpha value is -2.54. The maximum absolute atomic E-state index is 3.52. The second-order valence-electron chi connectivity index (χ2n) is 5.23. The topological polar surface area (TPSA) is 15.8 Å². The molecule has 0 aliphatic carbocycles. The number of benzene rings is 3. The quantitative estimate of drug-likeness (QED) is 0.476. The Morgan fingerprint density at radius 3 is 2.35 bits per heavy atom. The maximum atomic E-state index is 3.52. The zero-order valence-corrected chi connectivity index (χ0v) is 11.4. The fraction of sp³-hybridized carbons (Fsp3) is 0.0526. The molecule has 4 aromatic rings. The van der Waals surface area contributed by atoms with Crippen LogP contribution in [0.15, 0.2) is 66.7 Å². The highest BCUT2D eigenvalue weighted by Crippen LogP contribution is 2.31. The molecule has 0 fully saturated rings. The van der Waals surface area contributed by atoms with E-state index in [1.54, 1.807) is 0 Å². The van der Waals surface area contributed by atoms with Crippen molar-refractivity contribution in [3.05, 3.63) is 72.3 Å². The summed E-state index contributed by atoms with van der Waals surface area (Å²) in [5, 5.41) is 3.88. The number of aryl methyl sites for hydroxylation is 1. The van der Waals surface area contributed by atoms with Gasteiger partial charge in [0.15, 0.2) is 0 Å². The Morgan fingerprint density at radius 1 is 0.750 bits per heavy atom. The molecule has 1 heteroatoms. The molecule has 0 unspecified atom stereocenters. The van der Waals surface area contributed by atoms with E-state index in [1.165, 1.54) is 38.5 Å². The van der Waals surface area contributed by atoms with E-state index in [9.17, 15) is 0 Å². The third-order valence-electron chi connectivity index (χ3n) is 4.02. The second-order valence-corrected chi connectivity index (χ2v) is 5.23. The van der Waals surface area contributed by atoms with E-state index in [1.807, 2.05) is 0 Å². The predicted molar refractivity (Wildman–Crippen MR) is 86.0 cm³/mol. The van der Waals surface area contributed by atoms with Crippen molar-refractivity contribution in [2.75, 3.05) is 0 Å². The van der Waals surface area contributed by atoms with Crippen LogP contribution in [0.5, 0.6) is 0 Å². The van der Waals surface area contributed by atoms with Gasteiger partial charge in [0.05, 0.1) is 0 Å². The van der Waals surface area contributed by atoms with Crippen molar-refractivity contribution >= 4 is 21.7 Å². The van der Waals surface area contributed by atoms with E-state index in [-0.39, 0.29) is 0 Å². The van der Waals surface area contributed by atoms with Crippen LogP contribution in [0.3, 0.4) is 0 Å². The largest absolute Gasteiger partial charge is 0.355 e. The number of hydrogen-bond acceptors (Lipinski definition) is 0. The minimum Gasteiger partial charge on any atom is -0.355 e. The molecular formula is C19H15N. The maximum Gasteiger partial charge on any atom is 0.0467 e. The van der Waals surface area contributed by atoms with E-state index in [4.69, 9.17) is 0 Å². The molecule has 0 atom stereocenters. The zero-order valence-electron chi connectivity index (χ0n) is 11.4. The number of hydrogen-bond donors (Lipinski definition) is 1. The highest BCUT2D eigenvalue weighted by atomic mass is 14.7. The van der Waals surface area contributed by atoms with Crippen LogP contribution < -0.4 is 0 Å². The molecule has 3 aromatic carbocycles. The van der Waals surface area contributed by atoms with Crippen LogP contribution in [0, 0.1) is 6.92 Å². The third kappa shape index (κ3) is 1.64. The lowest BCUT2D eigenvalue weighted by atomic mass is 9.98. The van der Waals surface area contributed by atoms with E-state index in [0.717, 1.165) is 0 Å². The molecule has 1 heterocycles. The SMILES string of the molecule is Cc1c(-c2cc3ccccc3[nH]2)ccc2ccccc12. The van der Waals surface area contributed by atoms with Crippen molar-refractivity contribution in [1.29, 1.82) is 0 Å². The smallest absolute Gasteiger partial charge is 0.0467 e. The van der Waals surface area contributed by atoms with Gasteiger partial charge in [-0.25, -0.2) is 0 Å². The van der Waals surface area contributed by atoms with Gasteiger partial charge >= 0.3 is 0 Å². The monoisotopic (exact) mass is 257 g/mol. The summed E-state index contributed by atoms with van der Waals surface area (Å²) in [6, 6.07) is 23.6. The van der Waals surface area contributed by atoms with Gasteiger partial charge < -0.3 is 4.98 Å². The summed E-state index contributed by atoms with van der Waals surface area (Å²) in [7, 11) is 0. The number of fused-ring (bicyclic) bond motifs is 2. The van der Waals surface area contributed by atoms with Gasteiger partial charge in [-0.3, -0.25) is 0 Å². The molecule has 0 bridgehead atoms. The molecule has 0 saturated heterocycles. The van der Waals surface area contributed by atoms with E-state index < -0.39 is 0 Å². The summed E-state index contributed by atoms with van der Waals surface area (Å²) in [6.45, 7) is 2.20. The molecule has 0 spiro atoms. The molecule has 0 saturated carbocycles. The standard InChI is InChI=1S/C19H15N/c1-13-16-8-4-2-6-14(16)10-11-17(13)19-12-15-7-3-5-9-18(15)20-19/h2-12,20H,1H3. The molecule has 0 radical (unpaired) electrons. The number of nitrogens with one attached hydrogen (secondary N) is 1. The fourth-order valence-electron chi connectivity index (χ4n) is 2.94. The Labute approximate surface area is 117 Å². The van der Waals surface area contributed by atoms with Gasteiger partial charge in [-0.2, -0.15) is 0 Å². The summed E-state index contributed by atoms with van der Waals surface area (Å²) in [6.07, 6.45) is 0. The fourth-order valence-corrected chi connectivity index (χ4v) is 2.94. The Bertz CT molecular complexity index is 882. The lowest BCUT2D eigenvalue weighted by molar-refractivity contribution is 1.42. The number of rotatable bonds is 1. The molecule has 0 aliphatic rings. The highest BCUT2D eigenvalue weighted by Gasteiger charge is 2.08. The second kappa shape index (κ2) is 4.24. The molecule has 0 amide bonds. The van der Waals surface area contributed by atoms with Gasteiger partial charge in [0.2, 0.25) is 0 Å². The molecule has 0 aliphatic heterocycles. The van der Waals surface area contributed by atoms with Crippen molar-refractivity contribution in [3.8, 4) is 11.3 Å². The molecule has 1 aromatic heterocycles. The predicted octanol–water partition coefficient (Wildman–Crippen LogP) is 5.30. The van der Waals surface area contributed by atoms with E-state index in [2.05, 4.69) is 78.6 Å². The highest BCUT2D eigenvalue weighted by molar-refractivity contribution is 5.93. The number of aromatic nitrogens is 1. The van der Waals surface area contributed by atoms with Crippen molar-refractivity contribution in [2.24, 2.45) is 0 Å². The van der Waals surface area contributed by atoms with Gasteiger partial charge in [0, 0.05) is 22.2 Å². The molecule has 96 valence electrons. The van der Waals surface area contributed by atoms with Crippen LogP contribution in [0.4, 0.5) is 0 Å². The van der Waals surface area contributed by atoms with Gasteiger partial charge in [0.1, 0.15) is 0 Å². The Kier molecular flexibility index (Phi) is 2.40. The van der Waals surface area contributed by atoms with E-state index in [0.29, 0.717) is 0 Å². The number of H-pyrrole nitrogens is 1. The van der Waals surface area contributed by atoms with Crippen molar-refractivity contribution in [2.45, 2.75) is 6.92 Å². The molecular weight excluding hydrogens is 242 g/mol. The Morgan fingerprint density at radius 2 is 1.50 bits per heavy atom. The van der Waals surface area contributed by atoms with Gasteiger partial charge in [0.25, 0.3) is 0 Å². The van der Waals surface area contributed by atoms with Crippen LogP contribution >= 0.6 is 0 Å². The zero-order chi connectivity index (χ0) is 13.5. The van der Waals surface area contributed by atoms with Crippen LogP contribution in [0.1, 0.15) is 5.56 Å². The van der Waals surface area contributed by atoms with Crippen LogP contribution in [0.2, 0.25) is 0 Å². The van der Waals surface area contributed by atoms with Crippen LogP contribution in [0.25, 0.3) is 32.9 Å². The summed E-state index contributed by atoms with van der Waals surface area (Å²) < 4.78 is 0. The van der Waals surface area contributed by atoms with Crippen LogP contribution in [-0.4, -0.2) is 4.98 Å². The number of aromatic amines is 1. The lowest BCUT2D eigenvalue weighted by Gasteiger charge is -2.08. The lowest BCUT2D eigenvalue weighted by Crippen LogP contribution is -1.85. The molecule has 20 heavy (non-hydrogen) atoms. The summed E-state index contributed by atoms with van der Waals surface area (Å²) >= 11 is 0. The third-order valence-corrected chi connectivity index (χ3v) is 4.02. The van der Waals surface area contributed by atoms with Gasteiger partial charge in [-0.15, -0.1) is 0 Å². The summed E-state index contributed by atoms with van der Waals surface area (Å²) in [5.74, 6) is 0. The normalized spacial score (nSPS) is 11.2. The first kappa shape index (κ1) is 11.3. The first-order valence-corrected chi connectivity index (χ1v) is 6.89. The first-order valence-electron chi connectivity index (χ1n) is 6.89. The van der Waals surface area contributed by atoms with Gasteiger partial charge in [-0.05, 0) is 35.4 Å². The Balaban J connectivity index is 1.99. The average Bonchev–Trinajstić information content (AvgIpc) is 2.91. The molecule has 1 N–H and O–H groups in total. The molecule has 4 rings (SSSR count). The van der Waals surface area contributed by atoms with Gasteiger partial charge in [-0.1, -0.05) is 54.6 Å². The molecule has 1 nitrogen and oxygen atoms in total. The minimum absolute atomic E-state index is 1.19. The average molecular weight is 257 g/mol. The number of para-hydroxylation sites is 1. The van der Waals surface area contributed by atoms with Crippen molar-refractivity contribution < 1.29 is 0 Å². The first-order chi connectivity index (χ1) is 9.83. The van der Waals surface area contributed by atoms with E-state index >= 15 is 0 Å². The summed E-state index contributed by atoms with van der Waals surface area (Å²) in [5.41, 5.74) is 4.99. The summed E-state index contributed by atoms with van der Waals surface area (Å²) in [4.78, 5) is 3.52.